The van der Waals surface area contributed by atoms with E-state index >= 15 is 0 Å². The Morgan fingerprint density at radius 3 is 2.35 bits per heavy atom. The van der Waals surface area contributed by atoms with Crippen molar-refractivity contribution in [3.8, 4) is 0 Å². The van der Waals surface area contributed by atoms with Crippen LogP contribution in [-0.4, -0.2) is 49.1 Å². The Balaban J connectivity index is 2.38. The van der Waals surface area contributed by atoms with Crippen molar-refractivity contribution in [1.82, 2.24) is 15.5 Å². The summed E-state index contributed by atoms with van der Waals surface area (Å²) in [5.41, 5.74) is 0. The molecule has 1 aliphatic rings. The third-order valence-electron chi connectivity index (χ3n) is 3.92. The fourth-order valence-electron chi connectivity index (χ4n) is 2.51. The first-order valence-corrected chi connectivity index (χ1v) is 8.31. The summed E-state index contributed by atoms with van der Waals surface area (Å²) in [4.78, 5) is 7.24. The van der Waals surface area contributed by atoms with Crippen molar-refractivity contribution < 1.29 is 0 Å². The molecule has 0 amide bonds. The van der Waals surface area contributed by atoms with Gasteiger partial charge in [0.25, 0.3) is 0 Å². The predicted molar refractivity (Wildman–Crippen MR) is 88.3 cm³/mol. The van der Waals surface area contributed by atoms with Gasteiger partial charge in [-0.25, -0.2) is 0 Å². The van der Waals surface area contributed by atoms with Gasteiger partial charge in [-0.1, -0.05) is 13.8 Å². The lowest BCUT2D eigenvalue weighted by atomic mass is 10.0. The largest absolute Gasteiger partial charge is 0.357 e. The van der Waals surface area contributed by atoms with Crippen LogP contribution in [0.5, 0.6) is 0 Å². The molecular formula is C16H34N4. The second-order valence-electron chi connectivity index (χ2n) is 6.49. The molecule has 1 heterocycles. The molecule has 1 fully saturated rings. The van der Waals surface area contributed by atoms with Crippen LogP contribution in [-0.2, 0) is 0 Å². The highest BCUT2D eigenvalue weighted by atomic mass is 15.2. The molecule has 1 aliphatic heterocycles. The van der Waals surface area contributed by atoms with Crippen LogP contribution in [0.25, 0.3) is 0 Å². The minimum absolute atomic E-state index is 0.571. The Labute approximate surface area is 125 Å². The Morgan fingerprint density at radius 2 is 1.85 bits per heavy atom. The summed E-state index contributed by atoms with van der Waals surface area (Å²) in [5.74, 6) is 1.71. The Morgan fingerprint density at radius 1 is 1.20 bits per heavy atom. The standard InChI is InChI=1S/C16H34N4/c1-6-17-16(18-10-7-13(2)3)19-15-8-11-20(12-9-15)14(4)5/h13-15H,6-12H2,1-5H3,(H2,17,18,19). The van der Waals surface area contributed by atoms with Gasteiger partial charge in [0, 0.05) is 38.3 Å². The molecule has 118 valence electrons. The molecule has 0 bridgehead atoms. The first-order valence-electron chi connectivity index (χ1n) is 8.31. The molecule has 20 heavy (non-hydrogen) atoms. The van der Waals surface area contributed by atoms with Gasteiger partial charge in [0.2, 0.25) is 0 Å². The Hall–Kier alpha value is -0.770. The lowest BCUT2D eigenvalue weighted by Gasteiger charge is -2.35. The fraction of sp³-hybridized carbons (Fsp3) is 0.938. The van der Waals surface area contributed by atoms with Crippen LogP contribution in [0.3, 0.4) is 0 Å². The highest BCUT2D eigenvalue weighted by molar-refractivity contribution is 5.80. The summed E-state index contributed by atoms with van der Waals surface area (Å²) in [6.45, 7) is 15.4. The minimum atomic E-state index is 0.571. The molecule has 0 atom stereocenters. The number of hydrogen-bond donors (Lipinski definition) is 2. The van der Waals surface area contributed by atoms with Gasteiger partial charge in [0.05, 0.1) is 0 Å². The zero-order chi connectivity index (χ0) is 15.0. The van der Waals surface area contributed by atoms with E-state index in [2.05, 4.69) is 55.1 Å². The van der Waals surface area contributed by atoms with Crippen LogP contribution in [0.1, 0.15) is 53.9 Å². The average Bonchev–Trinajstić information content (AvgIpc) is 2.39. The maximum atomic E-state index is 4.68. The topological polar surface area (TPSA) is 39.7 Å². The number of rotatable bonds is 6. The van der Waals surface area contributed by atoms with E-state index in [9.17, 15) is 0 Å². The van der Waals surface area contributed by atoms with Crippen molar-refractivity contribution in [1.29, 1.82) is 0 Å². The zero-order valence-electron chi connectivity index (χ0n) is 14.1. The number of likely N-dealkylation sites (tertiary alicyclic amines) is 1. The van der Waals surface area contributed by atoms with Crippen molar-refractivity contribution >= 4 is 5.96 Å². The first kappa shape index (κ1) is 17.3. The van der Waals surface area contributed by atoms with Gasteiger partial charge in [-0.2, -0.15) is 0 Å². The van der Waals surface area contributed by atoms with Crippen LogP contribution < -0.4 is 10.6 Å². The second kappa shape index (κ2) is 9.22. The lowest BCUT2D eigenvalue weighted by Crippen LogP contribution is -2.49. The summed E-state index contributed by atoms with van der Waals surface area (Å²) in [5, 5.41) is 6.97. The van der Waals surface area contributed by atoms with Gasteiger partial charge in [-0.05, 0) is 46.0 Å². The molecule has 0 aromatic carbocycles. The molecule has 4 heteroatoms. The van der Waals surface area contributed by atoms with Crippen molar-refractivity contribution in [3.63, 3.8) is 0 Å². The fourth-order valence-corrected chi connectivity index (χ4v) is 2.51. The van der Waals surface area contributed by atoms with Crippen LogP contribution >= 0.6 is 0 Å². The highest BCUT2D eigenvalue weighted by Crippen LogP contribution is 2.12. The first-order chi connectivity index (χ1) is 9.52. The summed E-state index contributed by atoms with van der Waals surface area (Å²) in [6.07, 6.45) is 3.59. The SMILES string of the molecule is CCNC(=NCCC(C)C)NC1CCN(C(C)C)CC1. The van der Waals surface area contributed by atoms with Crippen LogP contribution in [0.15, 0.2) is 4.99 Å². The lowest BCUT2D eigenvalue weighted by molar-refractivity contribution is 0.167. The molecule has 0 aromatic heterocycles. The van der Waals surface area contributed by atoms with Crippen molar-refractivity contribution in [2.45, 2.75) is 66.0 Å². The summed E-state index contributed by atoms with van der Waals surface area (Å²) < 4.78 is 0. The number of aliphatic imine (C=N–C) groups is 1. The molecule has 2 N–H and O–H groups in total. The quantitative estimate of drug-likeness (QED) is 0.581. The number of piperidine rings is 1. The number of guanidine groups is 1. The summed E-state index contributed by atoms with van der Waals surface area (Å²) in [6, 6.07) is 1.24. The minimum Gasteiger partial charge on any atom is -0.357 e. The van der Waals surface area contributed by atoms with E-state index in [1.807, 2.05) is 0 Å². The van der Waals surface area contributed by atoms with Gasteiger partial charge in [0.15, 0.2) is 5.96 Å². The normalized spacial score (nSPS) is 18.9. The van der Waals surface area contributed by atoms with E-state index in [1.54, 1.807) is 0 Å². The molecule has 0 spiro atoms. The molecule has 0 radical (unpaired) electrons. The third kappa shape index (κ3) is 6.60. The molecule has 0 aliphatic carbocycles. The van der Waals surface area contributed by atoms with E-state index < -0.39 is 0 Å². The maximum absolute atomic E-state index is 4.68. The van der Waals surface area contributed by atoms with Gasteiger partial charge in [-0.3, -0.25) is 4.99 Å². The Kier molecular flexibility index (Phi) is 7.97. The monoisotopic (exact) mass is 282 g/mol. The van der Waals surface area contributed by atoms with Crippen molar-refractivity contribution in [2.75, 3.05) is 26.2 Å². The Bertz CT molecular complexity index is 278. The average molecular weight is 282 g/mol. The van der Waals surface area contributed by atoms with E-state index in [-0.39, 0.29) is 0 Å². The zero-order valence-corrected chi connectivity index (χ0v) is 14.1. The maximum Gasteiger partial charge on any atom is 0.191 e. The predicted octanol–water partition coefficient (Wildman–Crippen LogP) is 2.46. The molecule has 4 nitrogen and oxygen atoms in total. The number of nitrogens with one attached hydrogen (secondary N) is 2. The van der Waals surface area contributed by atoms with E-state index in [0.29, 0.717) is 12.1 Å². The van der Waals surface area contributed by atoms with Crippen molar-refractivity contribution in [2.24, 2.45) is 10.9 Å². The summed E-state index contributed by atoms with van der Waals surface area (Å²) in [7, 11) is 0. The van der Waals surface area contributed by atoms with Crippen LogP contribution in [0.4, 0.5) is 0 Å². The molecule has 0 unspecified atom stereocenters. The molecular weight excluding hydrogens is 248 g/mol. The highest BCUT2D eigenvalue weighted by Gasteiger charge is 2.21. The van der Waals surface area contributed by atoms with Gasteiger partial charge in [-0.15, -0.1) is 0 Å². The second-order valence-corrected chi connectivity index (χ2v) is 6.49. The molecule has 1 saturated heterocycles. The van der Waals surface area contributed by atoms with E-state index in [4.69, 9.17) is 0 Å². The van der Waals surface area contributed by atoms with Gasteiger partial charge >= 0.3 is 0 Å². The number of hydrogen-bond acceptors (Lipinski definition) is 2. The molecule has 1 rings (SSSR count). The van der Waals surface area contributed by atoms with Crippen molar-refractivity contribution in [3.05, 3.63) is 0 Å². The molecule has 0 saturated carbocycles. The van der Waals surface area contributed by atoms with Gasteiger partial charge in [0.1, 0.15) is 0 Å². The summed E-state index contributed by atoms with van der Waals surface area (Å²) >= 11 is 0. The van der Waals surface area contributed by atoms with E-state index in [0.717, 1.165) is 31.4 Å². The smallest absolute Gasteiger partial charge is 0.191 e. The molecule has 0 aromatic rings. The third-order valence-corrected chi connectivity index (χ3v) is 3.92. The van der Waals surface area contributed by atoms with Crippen LogP contribution in [0.2, 0.25) is 0 Å². The van der Waals surface area contributed by atoms with E-state index in [1.165, 1.54) is 25.9 Å². The van der Waals surface area contributed by atoms with Gasteiger partial charge < -0.3 is 15.5 Å². The number of nitrogens with zero attached hydrogens (tertiary/aromatic N) is 2. The van der Waals surface area contributed by atoms with Crippen LogP contribution in [0, 0.1) is 5.92 Å².